The van der Waals surface area contributed by atoms with Crippen molar-refractivity contribution < 1.29 is 4.74 Å². The molecule has 0 unspecified atom stereocenters. The maximum Gasteiger partial charge on any atom is 0.153 e. The predicted octanol–water partition coefficient (Wildman–Crippen LogP) is 4.67. The number of aromatic nitrogens is 2. The van der Waals surface area contributed by atoms with E-state index in [0.29, 0.717) is 34.6 Å². The highest BCUT2D eigenvalue weighted by atomic mass is 32.1. The van der Waals surface area contributed by atoms with Gasteiger partial charge in [0, 0.05) is 36.1 Å². The SMILES string of the molecule is C=Nc1c(OC)cccc1C(N)=N/C(=N\NC)C1CC(c2cnc(C(C)(C)C(C)(C)C)c(C)n2)C1.NS. The summed E-state index contributed by atoms with van der Waals surface area (Å²) in [5.74, 6) is 2.07. The molecule has 0 atom stereocenters. The monoisotopic (exact) mass is 526 g/mol. The van der Waals surface area contributed by atoms with E-state index < -0.39 is 0 Å². The number of thiol groups is 1. The van der Waals surface area contributed by atoms with E-state index in [1.807, 2.05) is 24.4 Å². The van der Waals surface area contributed by atoms with Gasteiger partial charge in [0.1, 0.15) is 17.3 Å². The summed E-state index contributed by atoms with van der Waals surface area (Å²) in [5.41, 5.74) is 13.6. The fourth-order valence-electron chi connectivity index (χ4n) is 4.30. The number of aryl methyl sites for hydroxylation is 1. The van der Waals surface area contributed by atoms with Gasteiger partial charge in [-0.25, -0.2) is 4.99 Å². The van der Waals surface area contributed by atoms with Crippen LogP contribution in [-0.4, -0.2) is 42.5 Å². The number of nitrogens with one attached hydrogen (secondary N) is 1. The topological polar surface area (TPSA) is 136 Å². The lowest BCUT2D eigenvalue weighted by Gasteiger charge is -2.39. The summed E-state index contributed by atoms with van der Waals surface area (Å²) in [7, 11) is 3.35. The minimum atomic E-state index is -0.0805. The van der Waals surface area contributed by atoms with E-state index >= 15 is 0 Å². The summed E-state index contributed by atoms with van der Waals surface area (Å²) in [6, 6.07) is 5.52. The number of hydrazone groups is 1. The fraction of sp³-hybridized carbons (Fsp3) is 0.519. The maximum absolute atomic E-state index is 6.38. The van der Waals surface area contributed by atoms with Gasteiger partial charge in [0.15, 0.2) is 5.84 Å². The number of rotatable bonds is 7. The van der Waals surface area contributed by atoms with Crippen LogP contribution in [0.25, 0.3) is 0 Å². The van der Waals surface area contributed by atoms with Gasteiger partial charge < -0.3 is 15.9 Å². The molecule has 37 heavy (non-hydrogen) atoms. The molecule has 1 saturated carbocycles. The Hall–Kier alpha value is -2.98. The van der Waals surface area contributed by atoms with E-state index in [4.69, 9.17) is 20.4 Å². The third kappa shape index (κ3) is 6.48. The Morgan fingerprint density at radius 1 is 1.19 bits per heavy atom. The molecule has 0 amide bonds. The summed E-state index contributed by atoms with van der Waals surface area (Å²) in [6.45, 7) is 16.9. The average Bonchev–Trinajstić information content (AvgIpc) is 2.83. The zero-order valence-corrected chi connectivity index (χ0v) is 24.2. The molecule has 0 spiro atoms. The van der Waals surface area contributed by atoms with Crippen LogP contribution in [0.3, 0.4) is 0 Å². The normalized spacial score (nSPS) is 18.3. The smallest absolute Gasteiger partial charge is 0.153 e. The van der Waals surface area contributed by atoms with Gasteiger partial charge >= 0.3 is 0 Å². The van der Waals surface area contributed by atoms with E-state index in [0.717, 1.165) is 29.9 Å². The van der Waals surface area contributed by atoms with E-state index in [2.05, 4.69) is 86.7 Å². The van der Waals surface area contributed by atoms with Crippen molar-refractivity contribution in [2.24, 2.45) is 37.3 Å². The van der Waals surface area contributed by atoms with E-state index in [1.54, 1.807) is 14.2 Å². The van der Waals surface area contributed by atoms with Gasteiger partial charge in [-0.15, -0.1) is 12.8 Å². The number of nitrogens with zero attached hydrogens (tertiary/aromatic N) is 5. The first-order chi connectivity index (χ1) is 17.4. The summed E-state index contributed by atoms with van der Waals surface area (Å²) >= 11 is 3.03. The minimum absolute atomic E-state index is 0.0791. The molecule has 0 radical (unpaired) electrons. The van der Waals surface area contributed by atoms with Crippen molar-refractivity contribution in [2.75, 3.05) is 14.2 Å². The van der Waals surface area contributed by atoms with Gasteiger partial charge in [-0.1, -0.05) is 40.7 Å². The van der Waals surface area contributed by atoms with Crippen LogP contribution in [0.5, 0.6) is 5.75 Å². The van der Waals surface area contributed by atoms with Crippen LogP contribution in [0, 0.1) is 18.3 Å². The molecular weight excluding hydrogens is 484 g/mol. The third-order valence-electron chi connectivity index (χ3n) is 7.47. The zero-order chi connectivity index (χ0) is 28.0. The minimum Gasteiger partial charge on any atom is -0.494 e. The van der Waals surface area contributed by atoms with Crippen molar-refractivity contribution in [1.82, 2.24) is 15.4 Å². The second-order valence-corrected chi connectivity index (χ2v) is 10.7. The molecule has 9 nitrogen and oxygen atoms in total. The first-order valence-corrected chi connectivity index (χ1v) is 12.8. The molecule has 1 aromatic heterocycles. The number of methoxy groups -OCH3 is 1. The largest absolute Gasteiger partial charge is 0.494 e. The number of hydrogen-bond acceptors (Lipinski definition) is 8. The summed E-state index contributed by atoms with van der Waals surface area (Å²) in [5, 5.41) is 8.61. The average molecular weight is 527 g/mol. The van der Waals surface area contributed by atoms with Gasteiger partial charge in [-0.3, -0.25) is 20.1 Å². The van der Waals surface area contributed by atoms with Crippen LogP contribution in [0.1, 0.15) is 76.0 Å². The number of nitrogens with two attached hydrogens (primary N) is 2. The second kappa shape index (κ2) is 12.5. The Morgan fingerprint density at radius 3 is 2.35 bits per heavy atom. The number of aliphatic imine (C=N–C) groups is 2. The van der Waals surface area contributed by atoms with Crippen LogP contribution in [-0.2, 0) is 5.41 Å². The molecule has 0 saturated heterocycles. The van der Waals surface area contributed by atoms with Crippen LogP contribution < -0.4 is 21.0 Å². The van der Waals surface area contributed by atoms with Crippen molar-refractivity contribution in [3.63, 3.8) is 0 Å². The number of benzene rings is 1. The quantitative estimate of drug-likeness (QED) is 0.179. The number of hydrogen-bond donors (Lipinski definition) is 4. The van der Waals surface area contributed by atoms with E-state index in [-0.39, 0.29) is 16.7 Å². The molecular formula is C27H42N8OS. The molecule has 1 aliphatic rings. The molecule has 5 N–H and O–H groups in total. The molecule has 1 fully saturated rings. The lowest BCUT2D eigenvalue weighted by Crippen LogP contribution is -2.36. The number of amidine groups is 2. The van der Waals surface area contributed by atoms with Gasteiger partial charge in [-0.2, -0.15) is 5.10 Å². The predicted molar refractivity (Wildman–Crippen MR) is 157 cm³/mol. The van der Waals surface area contributed by atoms with Crippen molar-refractivity contribution in [2.45, 2.75) is 65.7 Å². The lowest BCUT2D eigenvalue weighted by molar-refractivity contribution is 0.217. The van der Waals surface area contributed by atoms with Crippen molar-refractivity contribution in [1.29, 1.82) is 0 Å². The molecule has 1 aliphatic carbocycles. The zero-order valence-electron chi connectivity index (χ0n) is 23.3. The standard InChI is InChI=1S/C27H39N7O.H3NS/c1-16-23(27(5,6)26(2,3)4)31-15-20(32-16)17-13-18(14-17)25(34-30-8)33-24(28)19-11-10-12-21(35-9)22(19)29-7;1-2/h10-12,15,17-18,30H,7,13-14H2,1-6,8-9H3,(H2,28,33,34);2H,1H2. The van der Waals surface area contributed by atoms with Crippen LogP contribution in [0.4, 0.5) is 5.69 Å². The van der Waals surface area contributed by atoms with Crippen molar-refractivity contribution in [3.05, 3.63) is 47.0 Å². The van der Waals surface area contributed by atoms with Crippen molar-refractivity contribution >= 4 is 36.9 Å². The van der Waals surface area contributed by atoms with Gasteiger partial charge in [-0.05, 0) is 44.0 Å². The highest BCUT2D eigenvalue weighted by Gasteiger charge is 2.39. The second-order valence-electron chi connectivity index (χ2n) is 10.7. The Kier molecular flexibility index (Phi) is 10.2. The molecule has 3 rings (SSSR count). The third-order valence-corrected chi connectivity index (χ3v) is 7.47. The highest BCUT2D eigenvalue weighted by Crippen LogP contribution is 2.44. The summed E-state index contributed by atoms with van der Waals surface area (Å²) in [6.07, 6.45) is 3.72. The molecule has 1 aromatic carbocycles. The first kappa shape index (κ1) is 30.2. The van der Waals surface area contributed by atoms with Gasteiger partial charge in [0.2, 0.25) is 0 Å². The molecule has 1 heterocycles. The summed E-state index contributed by atoms with van der Waals surface area (Å²) in [4.78, 5) is 18.6. The molecule has 0 bridgehead atoms. The Morgan fingerprint density at radius 2 is 1.84 bits per heavy atom. The Labute approximate surface area is 226 Å². The Bertz CT molecular complexity index is 1150. The van der Waals surface area contributed by atoms with Crippen LogP contribution in [0.2, 0.25) is 0 Å². The molecule has 2 aromatic rings. The van der Waals surface area contributed by atoms with E-state index in [9.17, 15) is 0 Å². The van der Waals surface area contributed by atoms with Crippen molar-refractivity contribution in [3.8, 4) is 5.75 Å². The van der Waals surface area contributed by atoms with E-state index in [1.165, 1.54) is 0 Å². The number of ether oxygens (including phenoxy) is 1. The van der Waals surface area contributed by atoms with Gasteiger partial charge in [0.05, 0.1) is 24.2 Å². The molecule has 0 aliphatic heterocycles. The Balaban J connectivity index is 0.00000235. The van der Waals surface area contributed by atoms with Crippen LogP contribution >= 0.6 is 12.8 Å². The van der Waals surface area contributed by atoms with Crippen LogP contribution in [0.15, 0.2) is 39.5 Å². The first-order valence-electron chi connectivity index (χ1n) is 12.3. The lowest BCUT2D eigenvalue weighted by atomic mass is 9.66. The number of para-hydroxylation sites is 1. The summed E-state index contributed by atoms with van der Waals surface area (Å²) < 4.78 is 5.38. The van der Waals surface area contributed by atoms with Gasteiger partial charge in [0.25, 0.3) is 0 Å². The molecule has 10 heteroatoms. The highest BCUT2D eigenvalue weighted by molar-refractivity contribution is 7.77. The molecule has 202 valence electrons. The fourth-order valence-corrected chi connectivity index (χ4v) is 4.30. The maximum atomic E-state index is 6.38.